The summed E-state index contributed by atoms with van der Waals surface area (Å²) in [7, 11) is 0. The minimum Gasteiger partial charge on any atom is -0.478 e. The van der Waals surface area contributed by atoms with Crippen molar-refractivity contribution in [2.24, 2.45) is 0 Å². The van der Waals surface area contributed by atoms with Gasteiger partial charge in [-0.3, -0.25) is 4.57 Å². The van der Waals surface area contributed by atoms with E-state index < -0.39 is 5.97 Å². The average Bonchev–Trinajstić information content (AvgIpc) is 3.50. The smallest absolute Gasteiger partial charge is 0.335 e. The molecule has 0 amide bonds. The zero-order chi connectivity index (χ0) is 23.2. The van der Waals surface area contributed by atoms with Crippen molar-refractivity contribution in [3.8, 4) is 5.88 Å². The average molecular weight is 437 g/mol. The molecule has 5 nitrogen and oxygen atoms in total. The lowest BCUT2D eigenvalue weighted by Crippen LogP contribution is -2.04. The van der Waals surface area contributed by atoms with Crippen LogP contribution in [0.25, 0.3) is 16.8 Å². The van der Waals surface area contributed by atoms with Crippen LogP contribution < -0.4 is 0 Å². The number of benzene rings is 3. The first-order valence-corrected chi connectivity index (χ1v) is 10.6. The molecular weight excluding hydrogens is 412 g/mol. The number of rotatable bonds is 5. The molecule has 164 valence electrons. The Labute approximate surface area is 192 Å². The number of hydrogen-bond donors (Lipinski definition) is 2. The fourth-order valence-corrected chi connectivity index (χ4v) is 3.68. The van der Waals surface area contributed by atoms with Crippen LogP contribution in [0.4, 0.5) is 0 Å². The number of carbonyl (C=O) groups is 1. The highest BCUT2D eigenvalue weighted by Gasteiger charge is 2.15. The number of fused-ring (bicyclic) bond motifs is 1. The summed E-state index contributed by atoms with van der Waals surface area (Å²) in [4.78, 5) is 10.2. The number of aromatic nitrogens is 1. The van der Waals surface area contributed by atoms with Gasteiger partial charge < -0.3 is 14.9 Å². The summed E-state index contributed by atoms with van der Waals surface area (Å²) in [5, 5.41) is 18.1. The Morgan fingerprint density at radius 3 is 2.27 bits per heavy atom. The van der Waals surface area contributed by atoms with E-state index in [0.29, 0.717) is 17.7 Å². The summed E-state index contributed by atoms with van der Waals surface area (Å²) in [6.07, 6.45) is 4.30. The molecule has 2 aromatic heterocycles. The van der Waals surface area contributed by atoms with Crippen molar-refractivity contribution in [3.63, 3.8) is 0 Å². The first kappa shape index (κ1) is 21.8. The summed E-state index contributed by atoms with van der Waals surface area (Å²) in [5.74, 6) is -0.114. The van der Waals surface area contributed by atoms with Gasteiger partial charge >= 0.3 is 5.97 Å². The number of nitrogens with one attached hydrogen (secondary N) is 1. The third-order valence-corrected chi connectivity index (χ3v) is 5.43. The summed E-state index contributed by atoms with van der Waals surface area (Å²) < 4.78 is 7.56. The molecule has 0 saturated heterocycles. The zero-order valence-electron chi connectivity index (χ0n) is 18.2. The molecule has 0 unspecified atom stereocenters. The lowest BCUT2D eigenvalue weighted by atomic mass is 9.99. The quantitative estimate of drug-likeness (QED) is 0.308. The number of nitrogens with zero attached hydrogens (tertiary/aromatic N) is 1. The number of para-hydroxylation sites is 1. The maximum Gasteiger partial charge on any atom is 0.335 e. The van der Waals surface area contributed by atoms with Gasteiger partial charge in [0.15, 0.2) is 0 Å². The number of furan rings is 1. The van der Waals surface area contributed by atoms with Gasteiger partial charge in [0, 0.05) is 35.3 Å². The first-order valence-electron chi connectivity index (χ1n) is 10.6. The molecule has 0 aliphatic heterocycles. The Bertz CT molecular complexity index is 1380. The van der Waals surface area contributed by atoms with Crippen molar-refractivity contribution in [2.75, 3.05) is 0 Å². The van der Waals surface area contributed by atoms with E-state index in [-0.39, 0.29) is 0 Å². The van der Waals surface area contributed by atoms with E-state index in [2.05, 4.69) is 31.2 Å². The minimum atomic E-state index is -0.879. The SMILES string of the molecule is Cc1ccccc1CC(=N)c1cn(-c2ccco2)c2ccccc12.O=C(O)c1ccccc1. The molecule has 0 radical (unpaired) electrons. The van der Waals surface area contributed by atoms with E-state index in [1.807, 2.05) is 47.2 Å². The van der Waals surface area contributed by atoms with Gasteiger partial charge in [0.05, 0.1) is 17.3 Å². The predicted octanol–water partition coefficient (Wildman–Crippen LogP) is 6.53. The minimum absolute atomic E-state index is 0.331. The van der Waals surface area contributed by atoms with Gasteiger partial charge in [0.2, 0.25) is 5.88 Å². The molecule has 0 aliphatic rings. The predicted molar refractivity (Wildman–Crippen MR) is 131 cm³/mol. The lowest BCUT2D eigenvalue weighted by Gasteiger charge is -2.06. The number of aryl methyl sites for hydroxylation is 1. The molecule has 33 heavy (non-hydrogen) atoms. The first-order chi connectivity index (χ1) is 16.0. The largest absolute Gasteiger partial charge is 0.478 e. The molecule has 5 heteroatoms. The second kappa shape index (κ2) is 9.83. The molecule has 0 saturated carbocycles. The van der Waals surface area contributed by atoms with Crippen LogP contribution in [-0.2, 0) is 6.42 Å². The standard InChI is InChI=1S/C21H18N2O.C7H6O2/c1-15-7-2-3-8-16(15)13-19(22)18-14-23(21-11-6-12-24-21)20-10-5-4-9-17(18)20;8-7(9)6-4-2-1-3-5-6/h2-12,14,22H,13H2,1H3;1-5H,(H,8,9). The van der Waals surface area contributed by atoms with Crippen LogP contribution in [0.15, 0.2) is 108 Å². The summed E-state index contributed by atoms with van der Waals surface area (Å²) in [5.41, 5.74) is 5.36. The van der Waals surface area contributed by atoms with Crippen molar-refractivity contribution >= 4 is 22.6 Å². The van der Waals surface area contributed by atoms with Crippen LogP contribution in [0, 0.1) is 12.3 Å². The van der Waals surface area contributed by atoms with Crippen molar-refractivity contribution in [3.05, 3.63) is 126 Å². The van der Waals surface area contributed by atoms with E-state index in [0.717, 1.165) is 22.4 Å². The molecule has 3 aromatic carbocycles. The maximum atomic E-state index is 10.2. The highest BCUT2D eigenvalue weighted by molar-refractivity contribution is 6.10. The second-order valence-electron chi connectivity index (χ2n) is 7.63. The van der Waals surface area contributed by atoms with E-state index >= 15 is 0 Å². The molecule has 0 fully saturated rings. The van der Waals surface area contributed by atoms with Crippen LogP contribution in [0.5, 0.6) is 0 Å². The fraction of sp³-hybridized carbons (Fsp3) is 0.0714. The van der Waals surface area contributed by atoms with Gasteiger partial charge in [-0.05, 0) is 42.3 Å². The molecule has 0 spiro atoms. The van der Waals surface area contributed by atoms with Crippen LogP contribution in [0.3, 0.4) is 0 Å². The Hall–Kier alpha value is -4.38. The van der Waals surface area contributed by atoms with Crippen LogP contribution >= 0.6 is 0 Å². The maximum absolute atomic E-state index is 10.2. The molecule has 5 aromatic rings. The van der Waals surface area contributed by atoms with Crippen molar-refractivity contribution < 1.29 is 14.3 Å². The van der Waals surface area contributed by atoms with E-state index in [1.165, 1.54) is 11.1 Å². The highest BCUT2D eigenvalue weighted by atomic mass is 16.4. The third-order valence-electron chi connectivity index (χ3n) is 5.43. The van der Waals surface area contributed by atoms with E-state index in [1.54, 1.807) is 36.6 Å². The summed E-state index contributed by atoms with van der Waals surface area (Å²) in [6.45, 7) is 2.09. The Morgan fingerprint density at radius 2 is 1.61 bits per heavy atom. The second-order valence-corrected chi connectivity index (χ2v) is 7.63. The number of aromatic carboxylic acids is 1. The molecule has 2 N–H and O–H groups in total. The molecule has 5 rings (SSSR count). The monoisotopic (exact) mass is 436 g/mol. The number of carboxylic acid groups (broad SMARTS) is 1. The van der Waals surface area contributed by atoms with Gasteiger partial charge in [0.1, 0.15) is 0 Å². The van der Waals surface area contributed by atoms with Crippen LogP contribution in [0.1, 0.15) is 27.0 Å². The lowest BCUT2D eigenvalue weighted by molar-refractivity contribution is 0.0697. The number of carboxylic acids is 1. The Kier molecular flexibility index (Phi) is 6.51. The summed E-state index contributed by atoms with van der Waals surface area (Å²) in [6, 6.07) is 28.5. The fourth-order valence-electron chi connectivity index (χ4n) is 3.68. The Morgan fingerprint density at radius 1 is 0.909 bits per heavy atom. The normalized spacial score (nSPS) is 10.5. The van der Waals surface area contributed by atoms with Crippen molar-refractivity contribution in [1.82, 2.24) is 4.57 Å². The van der Waals surface area contributed by atoms with Gasteiger partial charge in [0.25, 0.3) is 0 Å². The van der Waals surface area contributed by atoms with Crippen molar-refractivity contribution in [2.45, 2.75) is 13.3 Å². The summed E-state index contributed by atoms with van der Waals surface area (Å²) >= 11 is 0. The third kappa shape index (κ3) is 4.93. The van der Waals surface area contributed by atoms with Gasteiger partial charge in [-0.15, -0.1) is 0 Å². The molecule has 0 aliphatic carbocycles. The van der Waals surface area contributed by atoms with E-state index in [4.69, 9.17) is 14.9 Å². The topological polar surface area (TPSA) is 79.2 Å². The number of hydrogen-bond acceptors (Lipinski definition) is 3. The Balaban J connectivity index is 0.000000243. The van der Waals surface area contributed by atoms with Crippen molar-refractivity contribution in [1.29, 1.82) is 5.41 Å². The van der Waals surface area contributed by atoms with Gasteiger partial charge in [-0.25, -0.2) is 4.79 Å². The highest BCUT2D eigenvalue weighted by Crippen LogP contribution is 2.26. The van der Waals surface area contributed by atoms with E-state index in [9.17, 15) is 4.79 Å². The molecule has 0 atom stereocenters. The van der Waals surface area contributed by atoms with Crippen LogP contribution in [0.2, 0.25) is 0 Å². The zero-order valence-corrected chi connectivity index (χ0v) is 18.2. The van der Waals surface area contributed by atoms with Gasteiger partial charge in [-0.2, -0.15) is 0 Å². The van der Waals surface area contributed by atoms with Crippen LogP contribution in [-0.4, -0.2) is 21.4 Å². The molecule has 2 heterocycles. The molecular formula is C28H24N2O3. The molecule has 0 bridgehead atoms. The van der Waals surface area contributed by atoms with Gasteiger partial charge in [-0.1, -0.05) is 60.7 Å².